The lowest BCUT2D eigenvalue weighted by atomic mass is 10.3. The fourth-order valence-corrected chi connectivity index (χ4v) is 3.17. The fourth-order valence-electron chi connectivity index (χ4n) is 1.87. The SMILES string of the molecule is CCS(=O)(=O)CCn1c(CCl)nc2ccc(Br)cc21. The molecule has 2 aromatic rings. The largest absolute Gasteiger partial charge is 0.326 e. The molecule has 19 heavy (non-hydrogen) atoms. The standard InChI is InChI=1S/C12H14BrClN2O2S/c1-2-19(17,18)6-5-16-11-7-9(13)3-4-10(11)15-12(16)8-14/h3-4,7H,2,5-6,8H2,1H3. The topological polar surface area (TPSA) is 52.0 Å². The molecule has 0 atom stereocenters. The zero-order chi connectivity index (χ0) is 14.0. The van der Waals surface area contributed by atoms with Gasteiger partial charge in [0.25, 0.3) is 0 Å². The van der Waals surface area contributed by atoms with Crippen molar-refractivity contribution in [2.45, 2.75) is 19.3 Å². The predicted octanol–water partition coefficient (Wildman–Crippen LogP) is 2.97. The number of hydrogen-bond acceptors (Lipinski definition) is 3. The Morgan fingerprint density at radius 3 is 2.79 bits per heavy atom. The summed E-state index contributed by atoms with van der Waals surface area (Å²) in [5.74, 6) is 1.21. The van der Waals surface area contributed by atoms with Gasteiger partial charge >= 0.3 is 0 Å². The van der Waals surface area contributed by atoms with E-state index in [2.05, 4.69) is 20.9 Å². The summed E-state index contributed by atoms with van der Waals surface area (Å²) in [6.07, 6.45) is 0. The van der Waals surface area contributed by atoms with Gasteiger partial charge in [0.1, 0.15) is 5.82 Å². The molecule has 0 spiro atoms. The van der Waals surface area contributed by atoms with Crippen molar-refractivity contribution < 1.29 is 8.42 Å². The summed E-state index contributed by atoms with van der Waals surface area (Å²) >= 11 is 9.29. The second-order valence-electron chi connectivity index (χ2n) is 4.18. The van der Waals surface area contributed by atoms with Crippen LogP contribution in [0.5, 0.6) is 0 Å². The van der Waals surface area contributed by atoms with Crippen molar-refractivity contribution in [1.29, 1.82) is 0 Å². The van der Waals surface area contributed by atoms with E-state index < -0.39 is 9.84 Å². The molecule has 0 aliphatic carbocycles. The predicted molar refractivity (Wildman–Crippen MR) is 81.3 cm³/mol. The van der Waals surface area contributed by atoms with Gasteiger partial charge in [-0.2, -0.15) is 0 Å². The van der Waals surface area contributed by atoms with Crippen LogP contribution >= 0.6 is 27.5 Å². The Hall–Kier alpha value is -0.590. The molecule has 1 aromatic carbocycles. The third kappa shape index (κ3) is 3.30. The maximum atomic E-state index is 11.6. The summed E-state index contributed by atoms with van der Waals surface area (Å²) in [6, 6.07) is 5.72. The number of hydrogen-bond donors (Lipinski definition) is 0. The van der Waals surface area contributed by atoms with Crippen molar-refractivity contribution in [3.05, 3.63) is 28.5 Å². The summed E-state index contributed by atoms with van der Waals surface area (Å²) in [7, 11) is -3.00. The van der Waals surface area contributed by atoms with Crippen LogP contribution in [-0.2, 0) is 22.3 Å². The fraction of sp³-hybridized carbons (Fsp3) is 0.417. The van der Waals surface area contributed by atoms with E-state index >= 15 is 0 Å². The second kappa shape index (κ2) is 5.81. The average Bonchev–Trinajstić information content (AvgIpc) is 2.73. The first kappa shape index (κ1) is 14.8. The first-order valence-corrected chi connectivity index (χ1v) is 9.03. The van der Waals surface area contributed by atoms with Crippen LogP contribution < -0.4 is 0 Å². The zero-order valence-electron chi connectivity index (χ0n) is 10.4. The Balaban J connectivity index is 2.42. The van der Waals surface area contributed by atoms with E-state index in [1.165, 1.54) is 0 Å². The minimum atomic E-state index is -3.00. The molecule has 0 amide bonds. The molecule has 0 aliphatic heterocycles. The molecule has 0 radical (unpaired) electrons. The highest BCUT2D eigenvalue weighted by Gasteiger charge is 2.13. The monoisotopic (exact) mass is 364 g/mol. The van der Waals surface area contributed by atoms with Gasteiger partial charge in [-0.1, -0.05) is 22.9 Å². The summed E-state index contributed by atoms with van der Waals surface area (Å²) in [4.78, 5) is 4.41. The molecular weight excluding hydrogens is 352 g/mol. The molecule has 0 saturated carbocycles. The normalized spacial score (nSPS) is 12.2. The molecule has 0 bridgehead atoms. The number of nitrogens with zero attached hydrogens (tertiary/aromatic N) is 2. The Kier molecular flexibility index (Phi) is 4.53. The molecule has 2 rings (SSSR count). The lowest BCUT2D eigenvalue weighted by molar-refractivity contribution is 0.590. The summed E-state index contributed by atoms with van der Waals surface area (Å²) in [5, 5.41) is 0. The number of imidazole rings is 1. The van der Waals surface area contributed by atoms with Gasteiger partial charge < -0.3 is 4.57 Å². The van der Waals surface area contributed by atoms with Gasteiger partial charge in [-0.05, 0) is 18.2 Å². The smallest absolute Gasteiger partial charge is 0.151 e. The highest BCUT2D eigenvalue weighted by molar-refractivity contribution is 9.10. The van der Waals surface area contributed by atoms with Gasteiger partial charge in [0.15, 0.2) is 9.84 Å². The van der Waals surface area contributed by atoms with Crippen molar-refractivity contribution >= 4 is 48.4 Å². The third-order valence-corrected chi connectivity index (χ3v) is 5.39. The lowest BCUT2D eigenvalue weighted by Gasteiger charge is -2.07. The first-order valence-electron chi connectivity index (χ1n) is 5.88. The Morgan fingerprint density at radius 1 is 1.42 bits per heavy atom. The molecule has 1 aromatic heterocycles. The van der Waals surface area contributed by atoms with Gasteiger partial charge in [-0.25, -0.2) is 13.4 Å². The van der Waals surface area contributed by atoms with E-state index in [0.717, 1.165) is 15.5 Å². The van der Waals surface area contributed by atoms with Gasteiger partial charge in [-0.15, -0.1) is 11.6 Å². The van der Waals surface area contributed by atoms with E-state index in [-0.39, 0.29) is 17.4 Å². The van der Waals surface area contributed by atoms with Crippen molar-refractivity contribution in [3.8, 4) is 0 Å². The molecule has 7 heteroatoms. The van der Waals surface area contributed by atoms with Crippen LogP contribution in [0.2, 0.25) is 0 Å². The number of halogens is 2. The van der Waals surface area contributed by atoms with Gasteiger partial charge in [0, 0.05) is 16.8 Å². The summed E-state index contributed by atoms with van der Waals surface area (Å²) in [5.41, 5.74) is 1.73. The van der Waals surface area contributed by atoms with Crippen LogP contribution in [0.15, 0.2) is 22.7 Å². The average molecular weight is 366 g/mol. The maximum absolute atomic E-state index is 11.6. The first-order chi connectivity index (χ1) is 8.96. The maximum Gasteiger partial charge on any atom is 0.151 e. The van der Waals surface area contributed by atoms with E-state index in [9.17, 15) is 8.42 Å². The molecule has 0 saturated heterocycles. The van der Waals surface area contributed by atoms with Crippen LogP contribution in [0.4, 0.5) is 0 Å². The third-order valence-electron chi connectivity index (χ3n) is 2.97. The van der Waals surface area contributed by atoms with E-state index in [4.69, 9.17) is 11.6 Å². The molecule has 0 aliphatic rings. The number of sulfone groups is 1. The lowest BCUT2D eigenvalue weighted by Crippen LogP contribution is -2.15. The molecule has 1 heterocycles. The highest BCUT2D eigenvalue weighted by Crippen LogP contribution is 2.22. The van der Waals surface area contributed by atoms with E-state index in [1.807, 2.05) is 22.8 Å². The minimum absolute atomic E-state index is 0.103. The van der Waals surface area contributed by atoms with Crippen LogP contribution in [0, 0.1) is 0 Å². The summed E-state index contributed by atoms with van der Waals surface area (Å²) in [6.45, 7) is 2.03. The molecular formula is C12H14BrClN2O2S. The molecule has 104 valence electrons. The number of rotatable bonds is 5. The highest BCUT2D eigenvalue weighted by atomic mass is 79.9. The molecule has 0 fully saturated rings. The van der Waals surface area contributed by atoms with Crippen molar-refractivity contribution in [2.24, 2.45) is 0 Å². The number of aryl methyl sites for hydroxylation is 1. The van der Waals surface area contributed by atoms with Crippen LogP contribution in [0.25, 0.3) is 11.0 Å². The van der Waals surface area contributed by atoms with Gasteiger partial charge in [0.2, 0.25) is 0 Å². The second-order valence-corrected chi connectivity index (χ2v) is 7.84. The van der Waals surface area contributed by atoms with Gasteiger partial charge in [0.05, 0.1) is 22.7 Å². The van der Waals surface area contributed by atoms with Crippen LogP contribution in [0.1, 0.15) is 12.7 Å². The molecule has 0 unspecified atom stereocenters. The Labute approximate surface area is 125 Å². The number of alkyl halides is 1. The van der Waals surface area contributed by atoms with Crippen molar-refractivity contribution in [2.75, 3.05) is 11.5 Å². The summed E-state index contributed by atoms with van der Waals surface area (Å²) < 4.78 is 26.0. The number of aromatic nitrogens is 2. The number of fused-ring (bicyclic) bond motifs is 1. The minimum Gasteiger partial charge on any atom is -0.326 e. The van der Waals surface area contributed by atoms with Crippen LogP contribution in [0.3, 0.4) is 0 Å². The molecule has 4 nitrogen and oxygen atoms in total. The van der Waals surface area contributed by atoms with Crippen LogP contribution in [-0.4, -0.2) is 29.5 Å². The van der Waals surface area contributed by atoms with Crippen molar-refractivity contribution in [1.82, 2.24) is 9.55 Å². The van der Waals surface area contributed by atoms with E-state index in [0.29, 0.717) is 12.4 Å². The number of benzene rings is 1. The Morgan fingerprint density at radius 2 is 2.16 bits per heavy atom. The van der Waals surface area contributed by atoms with Crippen molar-refractivity contribution in [3.63, 3.8) is 0 Å². The van der Waals surface area contributed by atoms with E-state index in [1.54, 1.807) is 6.92 Å². The Bertz CT molecular complexity index is 697. The van der Waals surface area contributed by atoms with Gasteiger partial charge in [-0.3, -0.25) is 0 Å². The molecule has 0 N–H and O–H groups in total. The quantitative estimate of drug-likeness (QED) is 0.765. The zero-order valence-corrected chi connectivity index (χ0v) is 13.6.